The highest BCUT2D eigenvalue weighted by atomic mass is 35.5. The highest BCUT2D eigenvalue weighted by Gasteiger charge is 2.31. The summed E-state index contributed by atoms with van der Waals surface area (Å²) in [6.45, 7) is 0. The van der Waals surface area contributed by atoms with E-state index in [1.165, 1.54) is 12.1 Å². The molecule has 0 unspecified atom stereocenters. The first-order valence-corrected chi connectivity index (χ1v) is 5.99. The highest BCUT2D eigenvalue weighted by molar-refractivity contribution is 6.29. The summed E-state index contributed by atoms with van der Waals surface area (Å²) in [5.74, 6) is -1.02. The van der Waals surface area contributed by atoms with E-state index >= 15 is 0 Å². The largest absolute Gasteiger partial charge is 0.416 e. The number of hydrogen-bond donors (Lipinski definition) is 0. The Bertz CT molecular complexity index is 828. The molecule has 0 amide bonds. The van der Waals surface area contributed by atoms with Crippen LogP contribution in [0.25, 0.3) is 17.0 Å². The second-order valence-electron chi connectivity index (χ2n) is 4.14. The van der Waals surface area contributed by atoms with E-state index in [0.717, 1.165) is 10.6 Å². The van der Waals surface area contributed by atoms with Crippen molar-refractivity contribution >= 4 is 17.2 Å². The van der Waals surface area contributed by atoms with Gasteiger partial charge in [0.05, 0.1) is 11.1 Å². The fourth-order valence-corrected chi connectivity index (χ4v) is 1.95. The number of nitrogens with zero attached hydrogens (tertiary/aromatic N) is 4. The Hall–Kier alpha value is -2.22. The summed E-state index contributed by atoms with van der Waals surface area (Å²) in [6.07, 6.45) is -4.59. The Morgan fingerprint density at radius 3 is 2.52 bits per heavy atom. The van der Waals surface area contributed by atoms with E-state index in [2.05, 4.69) is 15.3 Å². The van der Waals surface area contributed by atoms with Crippen LogP contribution in [0.15, 0.2) is 30.3 Å². The molecule has 0 aliphatic heterocycles. The summed E-state index contributed by atoms with van der Waals surface area (Å²) < 4.78 is 53.1. The fraction of sp³-hybridized carbons (Fsp3) is 0.0833. The predicted molar refractivity (Wildman–Crippen MR) is 66.2 cm³/mol. The number of halogens is 5. The Balaban J connectivity index is 2.25. The van der Waals surface area contributed by atoms with Crippen LogP contribution in [0.2, 0.25) is 5.15 Å². The summed E-state index contributed by atoms with van der Waals surface area (Å²) >= 11 is 5.72. The number of aromatic nitrogens is 4. The maximum absolute atomic E-state index is 13.8. The number of alkyl halides is 3. The molecule has 2 heterocycles. The molecule has 3 rings (SSSR count). The molecule has 0 N–H and O–H groups in total. The van der Waals surface area contributed by atoms with Crippen LogP contribution >= 0.6 is 11.6 Å². The van der Waals surface area contributed by atoms with Gasteiger partial charge in [-0.15, -0.1) is 10.2 Å². The summed E-state index contributed by atoms with van der Waals surface area (Å²) in [7, 11) is 0. The molecule has 0 aliphatic carbocycles. The molecule has 3 aromatic rings. The van der Waals surface area contributed by atoms with E-state index in [9.17, 15) is 17.6 Å². The first kappa shape index (κ1) is 13.7. The molecule has 9 heteroatoms. The lowest BCUT2D eigenvalue weighted by molar-refractivity contribution is -0.137. The SMILES string of the molecule is Fc1ccc(C(F)(F)F)cc1-c1nnc2ccc(Cl)nn12. The van der Waals surface area contributed by atoms with Crippen molar-refractivity contribution in [3.05, 3.63) is 46.9 Å². The minimum atomic E-state index is -4.59. The molecule has 0 bridgehead atoms. The molecule has 0 atom stereocenters. The van der Waals surface area contributed by atoms with E-state index in [-0.39, 0.29) is 22.2 Å². The van der Waals surface area contributed by atoms with Gasteiger partial charge in [0, 0.05) is 0 Å². The number of benzene rings is 1. The maximum Gasteiger partial charge on any atom is 0.416 e. The maximum atomic E-state index is 13.8. The lowest BCUT2D eigenvalue weighted by Gasteiger charge is -2.08. The van der Waals surface area contributed by atoms with Gasteiger partial charge in [0.15, 0.2) is 11.5 Å². The standard InChI is InChI=1S/C12H5ClF4N4/c13-9-3-4-10-18-19-11(21(10)20-9)7-5-6(12(15,16)17)1-2-8(7)14/h1-5H. The van der Waals surface area contributed by atoms with Crippen LogP contribution in [0.3, 0.4) is 0 Å². The van der Waals surface area contributed by atoms with E-state index in [1.54, 1.807) is 0 Å². The van der Waals surface area contributed by atoms with Gasteiger partial charge in [-0.1, -0.05) is 11.6 Å². The van der Waals surface area contributed by atoms with Gasteiger partial charge in [-0.3, -0.25) is 0 Å². The Kier molecular flexibility index (Phi) is 3.05. The van der Waals surface area contributed by atoms with Crippen LogP contribution in [0, 0.1) is 5.82 Å². The summed E-state index contributed by atoms with van der Waals surface area (Å²) in [5, 5.41) is 11.3. The molecule has 0 saturated carbocycles. The van der Waals surface area contributed by atoms with Gasteiger partial charge in [0.25, 0.3) is 0 Å². The average molecular weight is 317 g/mol. The first-order chi connectivity index (χ1) is 9.86. The van der Waals surface area contributed by atoms with E-state index in [4.69, 9.17) is 11.6 Å². The van der Waals surface area contributed by atoms with Gasteiger partial charge in [-0.05, 0) is 30.3 Å². The monoisotopic (exact) mass is 316 g/mol. The second-order valence-corrected chi connectivity index (χ2v) is 4.53. The van der Waals surface area contributed by atoms with E-state index in [0.29, 0.717) is 12.1 Å². The van der Waals surface area contributed by atoms with Crippen molar-refractivity contribution in [2.45, 2.75) is 6.18 Å². The van der Waals surface area contributed by atoms with Crippen molar-refractivity contribution in [2.24, 2.45) is 0 Å². The van der Waals surface area contributed by atoms with E-state index < -0.39 is 17.6 Å². The number of hydrogen-bond acceptors (Lipinski definition) is 3. The predicted octanol–water partition coefficient (Wildman–Crippen LogP) is 3.60. The van der Waals surface area contributed by atoms with Crippen molar-refractivity contribution in [3.63, 3.8) is 0 Å². The molecule has 1 aromatic carbocycles. The van der Waals surface area contributed by atoms with Gasteiger partial charge in [-0.25, -0.2) is 4.39 Å². The minimum absolute atomic E-state index is 0.0796. The zero-order chi connectivity index (χ0) is 15.2. The van der Waals surface area contributed by atoms with Gasteiger partial charge in [0.1, 0.15) is 11.0 Å². The molecule has 0 fully saturated rings. The van der Waals surface area contributed by atoms with Crippen molar-refractivity contribution in [1.82, 2.24) is 19.8 Å². The van der Waals surface area contributed by atoms with Crippen molar-refractivity contribution in [3.8, 4) is 11.4 Å². The summed E-state index contributed by atoms with van der Waals surface area (Å²) in [5.41, 5.74) is -1.10. The van der Waals surface area contributed by atoms with Crippen LogP contribution < -0.4 is 0 Å². The smallest absolute Gasteiger partial charge is 0.206 e. The number of rotatable bonds is 1. The molecule has 0 aliphatic rings. The molecule has 0 spiro atoms. The van der Waals surface area contributed by atoms with Crippen molar-refractivity contribution in [2.75, 3.05) is 0 Å². The third-order valence-electron chi connectivity index (χ3n) is 2.76. The van der Waals surface area contributed by atoms with Crippen molar-refractivity contribution < 1.29 is 17.6 Å². The van der Waals surface area contributed by atoms with Gasteiger partial charge in [0.2, 0.25) is 0 Å². The Morgan fingerprint density at radius 1 is 1.05 bits per heavy atom. The lowest BCUT2D eigenvalue weighted by Crippen LogP contribution is -2.06. The molecule has 2 aromatic heterocycles. The molecular formula is C12H5ClF4N4. The van der Waals surface area contributed by atoms with Gasteiger partial charge in [-0.2, -0.15) is 22.8 Å². The molecule has 0 radical (unpaired) electrons. The topological polar surface area (TPSA) is 43.1 Å². The van der Waals surface area contributed by atoms with E-state index in [1.807, 2.05) is 0 Å². The Morgan fingerprint density at radius 2 is 1.81 bits per heavy atom. The van der Waals surface area contributed by atoms with Gasteiger partial charge >= 0.3 is 6.18 Å². The van der Waals surface area contributed by atoms with Gasteiger partial charge < -0.3 is 0 Å². The number of fused-ring (bicyclic) bond motifs is 1. The minimum Gasteiger partial charge on any atom is -0.206 e. The van der Waals surface area contributed by atoms with Crippen LogP contribution in [0.1, 0.15) is 5.56 Å². The normalized spacial score (nSPS) is 12.0. The third kappa shape index (κ3) is 2.42. The highest BCUT2D eigenvalue weighted by Crippen LogP contribution is 2.33. The Labute approximate surface area is 120 Å². The van der Waals surface area contributed by atoms with Crippen molar-refractivity contribution in [1.29, 1.82) is 0 Å². The first-order valence-electron chi connectivity index (χ1n) is 5.61. The lowest BCUT2D eigenvalue weighted by atomic mass is 10.1. The molecule has 4 nitrogen and oxygen atoms in total. The molecule has 108 valence electrons. The zero-order valence-corrected chi connectivity index (χ0v) is 10.8. The average Bonchev–Trinajstić information content (AvgIpc) is 2.80. The van der Waals surface area contributed by atoms with Crippen LogP contribution in [0.4, 0.5) is 17.6 Å². The molecule has 21 heavy (non-hydrogen) atoms. The quantitative estimate of drug-likeness (QED) is 0.644. The molecular weight excluding hydrogens is 312 g/mol. The van der Waals surface area contributed by atoms with Crippen LogP contribution in [0.5, 0.6) is 0 Å². The second kappa shape index (κ2) is 4.66. The third-order valence-corrected chi connectivity index (χ3v) is 2.97. The zero-order valence-electron chi connectivity index (χ0n) is 10.1. The van der Waals surface area contributed by atoms with Crippen LogP contribution in [-0.4, -0.2) is 19.8 Å². The molecule has 0 saturated heterocycles. The van der Waals surface area contributed by atoms with Crippen LogP contribution in [-0.2, 0) is 6.18 Å². The fourth-order valence-electron chi connectivity index (χ4n) is 1.81. The summed E-state index contributed by atoms with van der Waals surface area (Å²) in [6, 6.07) is 4.95. The summed E-state index contributed by atoms with van der Waals surface area (Å²) in [4.78, 5) is 0.